The van der Waals surface area contributed by atoms with Crippen molar-refractivity contribution in [1.29, 1.82) is 0 Å². The largest absolute Gasteiger partial charge is 0.337 e. The number of anilines is 2. The molecule has 3 rings (SSSR count). The fourth-order valence-corrected chi connectivity index (χ4v) is 3.05. The molecule has 1 saturated heterocycles. The molecule has 0 bridgehead atoms. The van der Waals surface area contributed by atoms with E-state index in [1.807, 2.05) is 17.9 Å². The molecule has 1 fully saturated rings. The number of likely N-dealkylation sites (tertiary alicyclic amines) is 1. The Morgan fingerprint density at radius 2 is 1.88 bits per heavy atom. The zero-order chi connectivity index (χ0) is 18.7. The summed E-state index contributed by atoms with van der Waals surface area (Å²) in [7, 11) is 0. The lowest BCUT2D eigenvalue weighted by atomic mass is 9.99. The van der Waals surface area contributed by atoms with Gasteiger partial charge in [-0.1, -0.05) is 19.1 Å². The van der Waals surface area contributed by atoms with Gasteiger partial charge >= 0.3 is 0 Å². The number of aromatic nitrogens is 2. The zero-order valence-corrected chi connectivity index (χ0v) is 15.5. The maximum Gasteiger partial charge on any atom is 0.272 e. The van der Waals surface area contributed by atoms with Crippen LogP contribution < -0.4 is 5.32 Å². The van der Waals surface area contributed by atoms with Crippen LogP contribution in [-0.2, 0) is 0 Å². The standard InChI is InChI=1S/C20H24N4O2/c1-13-7-9-24(10-8-13)19(26)18-11-14(2)21-20(23-18)22-17-6-4-5-16(12-17)15(3)25/h4-6,11-13H,7-10H2,1-3H3,(H,21,22,23). The number of ketones is 1. The summed E-state index contributed by atoms with van der Waals surface area (Å²) >= 11 is 0. The minimum Gasteiger partial charge on any atom is -0.337 e. The van der Waals surface area contributed by atoms with Gasteiger partial charge in [-0.05, 0) is 50.8 Å². The highest BCUT2D eigenvalue weighted by Gasteiger charge is 2.23. The first kappa shape index (κ1) is 18.0. The SMILES string of the molecule is CC(=O)c1cccc(Nc2nc(C)cc(C(=O)N3CCC(C)CC3)n2)c1. The highest BCUT2D eigenvalue weighted by atomic mass is 16.2. The van der Waals surface area contributed by atoms with Gasteiger partial charge < -0.3 is 10.2 Å². The lowest BCUT2D eigenvalue weighted by molar-refractivity contribution is 0.0691. The molecule has 1 amide bonds. The maximum absolute atomic E-state index is 12.8. The molecule has 6 nitrogen and oxygen atoms in total. The second kappa shape index (κ2) is 7.64. The Morgan fingerprint density at radius 1 is 1.15 bits per heavy atom. The van der Waals surface area contributed by atoms with E-state index < -0.39 is 0 Å². The monoisotopic (exact) mass is 352 g/mol. The van der Waals surface area contributed by atoms with Gasteiger partial charge in [0, 0.05) is 30.0 Å². The fraction of sp³-hybridized carbons (Fsp3) is 0.400. The van der Waals surface area contributed by atoms with Gasteiger partial charge in [-0.15, -0.1) is 0 Å². The van der Waals surface area contributed by atoms with E-state index in [-0.39, 0.29) is 11.7 Å². The van der Waals surface area contributed by atoms with Crippen molar-refractivity contribution >= 4 is 23.3 Å². The van der Waals surface area contributed by atoms with Crippen LogP contribution in [0.2, 0.25) is 0 Å². The number of amides is 1. The Labute approximate surface area is 153 Å². The van der Waals surface area contributed by atoms with Gasteiger partial charge in [0.05, 0.1) is 0 Å². The van der Waals surface area contributed by atoms with Gasteiger partial charge in [0.15, 0.2) is 5.78 Å². The number of carbonyl (C=O) groups is 2. The highest BCUT2D eigenvalue weighted by molar-refractivity contribution is 5.95. The quantitative estimate of drug-likeness (QED) is 0.851. The smallest absolute Gasteiger partial charge is 0.272 e. The Kier molecular flexibility index (Phi) is 5.30. The van der Waals surface area contributed by atoms with Gasteiger partial charge in [-0.25, -0.2) is 9.97 Å². The van der Waals surface area contributed by atoms with Gasteiger partial charge in [0.25, 0.3) is 5.91 Å². The molecular weight excluding hydrogens is 328 g/mol. The third-order valence-electron chi connectivity index (χ3n) is 4.67. The highest BCUT2D eigenvalue weighted by Crippen LogP contribution is 2.20. The normalized spacial score (nSPS) is 15.0. The molecule has 136 valence electrons. The van der Waals surface area contributed by atoms with Gasteiger partial charge in [-0.2, -0.15) is 0 Å². The molecule has 1 aliphatic rings. The number of hydrogen-bond donors (Lipinski definition) is 1. The molecule has 1 N–H and O–H groups in total. The number of aryl methyl sites for hydroxylation is 1. The Morgan fingerprint density at radius 3 is 2.58 bits per heavy atom. The first-order valence-corrected chi connectivity index (χ1v) is 8.95. The summed E-state index contributed by atoms with van der Waals surface area (Å²) in [5.41, 5.74) is 2.45. The molecule has 0 unspecified atom stereocenters. The molecule has 2 heterocycles. The van der Waals surface area contributed by atoms with Gasteiger partial charge in [0.1, 0.15) is 5.69 Å². The van der Waals surface area contributed by atoms with E-state index in [9.17, 15) is 9.59 Å². The Hall–Kier alpha value is -2.76. The summed E-state index contributed by atoms with van der Waals surface area (Å²) in [4.78, 5) is 34.9. The summed E-state index contributed by atoms with van der Waals surface area (Å²) in [6, 6.07) is 8.87. The number of carbonyl (C=O) groups excluding carboxylic acids is 2. The molecule has 2 aromatic rings. The van der Waals surface area contributed by atoms with Crippen LogP contribution in [-0.4, -0.2) is 39.6 Å². The number of nitrogens with zero attached hydrogens (tertiary/aromatic N) is 3. The lowest BCUT2D eigenvalue weighted by Gasteiger charge is -2.30. The topological polar surface area (TPSA) is 75.2 Å². The van der Waals surface area contributed by atoms with Crippen molar-refractivity contribution < 1.29 is 9.59 Å². The Balaban J connectivity index is 1.80. The first-order valence-electron chi connectivity index (χ1n) is 8.95. The van der Waals surface area contributed by atoms with E-state index in [1.54, 1.807) is 24.3 Å². The van der Waals surface area contributed by atoms with Crippen LogP contribution >= 0.6 is 0 Å². The molecule has 1 aliphatic heterocycles. The maximum atomic E-state index is 12.8. The summed E-state index contributed by atoms with van der Waals surface area (Å²) < 4.78 is 0. The summed E-state index contributed by atoms with van der Waals surface area (Å²) in [5, 5.41) is 3.10. The van der Waals surface area contributed by atoms with Crippen molar-refractivity contribution in [3.8, 4) is 0 Å². The van der Waals surface area contributed by atoms with Crippen molar-refractivity contribution in [2.75, 3.05) is 18.4 Å². The average Bonchev–Trinajstić information content (AvgIpc) is 2.61. The number of rotatable bonds is 4. The van der Waals surface area contributed by atoms with Crippen LogP contribution in [0.4, 0.5) is 11.6 Å². The summed E-state index contributed by atoms with van der Waals surface area (Å²) in [6.45, 7) is 7.12. The molecule has 1 aromatic heterocycles. The van der Waals surface area contributed by atoms with Crippen molar-refractivity contribution in [3.63, 3.8) is 0 Å². The zero-order valence-electron chi connectivity index (χ0n) is 15.5. The second-order valence-electron chi connectivity index (χ2n) is 6.95. The number of hydrogen-bond acceptors (Lipinski definition) is 5. The lowest BCUT2D eigenvalue weighted by Crippen LogP contribution is -2.38. The summed E-state index contributed by atoms with van der Waals surface area (Å²) in [5.74, 6) is 0.966. The molecule has 0 aliphatic carbocycles. The molecule has 0 saturated carbocycles. The molecule has 0 radical (unpaired) electrons. The van der Waals surface area contributed by atoms with Gasteiger partial charge in [0.2, 0.25) is 5.95 Å². The molecule has 26 heavy (non-hydrogen) atoms. The first-order chi connectivity index (χ1) is 12.4. The number of Topliss-reactive ketones (excluding diaryl/α,β-unsaturated/α-hetero) is 1. The van der Waals surface area contributed by atoms with E-state index >= 15 is 0 Å². The molecule has 0 spiro atoms. The molecule has 6 heteroatoms. The second-order valence-corrected chi connectivity index (χ2v) is 6.95. The number of benzene rings is 1. The summed E-state index contributed by atoms with van der Waals surface area (Å²) in [6.07, 6.45) is 2.05. The number of piperidine rings is 1. The molecule has 0 atom stereocenters. The van der Waals surface area contributed by atoms with E-state index in [0.29, 0.717) is 28.8 Å². The predicted octanol–water partition coefficient (Wildman–Crippen LogP) is 3.60. The molecular formula is C20H24N4O2. The van der Waals surface area contributed by atoms with Crippen molar-refractivity contribution in [2.24, 2.45) is 5.92 Å². The van der Waals surface area contributed by atoms with Crippen molar-refractivity contribution in [2.45, 2.75) is 33.6 Å². The minimum atomic E-state index is -0.0528. The van der Waals surface area contributed by atoms with E-state index in [0.717, 1.165) is 31.6 Å². The van der Waals surface area contributed by atoms with Crippen molar-refractivity contribution in [3.05, 3.63) is 47.3 Å². The van der Waals surface area contributed by atoms with Crippen LogP contribution in [0, 0.1) is 12.8 Å². The van der Waals surface area contributed by atoms with E-state index in [1.165, 1.54) is 6.92 Å². The van der Waals surface area contributed by atoms with Crippen LogP contribution in [0.25, 0.3) is 0 Å². The van der Waals surface area contributed by atoms with E-state index in [4.69, 9.17) is 0 Å². The van der Waals surface area contributed by atoms with Crippen LogP contribution in [0.3, 0.4) is 0 Å². The average molecular weight is 352 g/mol. The fourth-order valence-electron chi connectivity index (χ4n) is 3.05. The third-order valence-corrected chi connectivity index (χ3v) is 4.67. The van der Waals surface area contributed by atoms with Crippen LogP contribution in [0.15, 0.2) is 30.3 Å². The predicted molar refractivity (Wildman–Crippen MR) is 101 cm³/mol. The molecule has 1 aromatic carbocycles. The van der Waals surface area contributed by atoms with Crippen molar-refractivity contribution in [1.82, 2.24) is 14.9 Å². The van der Waals surface area contributed by atoms with Gasteiger partial charge in [-0.3, -0.25) is 9.59 Å². The number of nitrogens with one attached hydrogen (secondary N) is 1. The minimum absolute atomic E-state index is 0.00555. The van der Waals surface area contributed by atoms with E-state index in [2.05, 4.69) is 22.2 Å². The van der Waals surface area contributed by atoms with Crippen LogP contribution in [0.5, 0.6) is 0 Å². The van der Waals surface area contributed by atoms with Crippen LogP contribution in [0.1, 0.15) is 53.2 Å². The third kappa shape index (κ3) is 4.25. The Bertz CT molecular complexity index is 826.